The van der Waals surface area contributed by atoms with Gasteiger partial charge in [0.15, 0.2) is 5.58 Å². The fraction of sp³-hybridized carbons (Fsp3) is 0.200. The van der Waals surface area contributed by atoms with E-state index in [0.29, 0.717) is 11.4 Å². The van der Waals surface area contributed by atoms with Gasteiger partial charge in [-0.1, -0.05) is 42.5 Å². The number of carbonyl (C=O) groups is 1. The second-order valence-corrected chi connectivity index (χ2v) is 7.62. The van der Waals surface area contributed by atoms with Crippen molar-refractivity contribution in [1.82, 2.24) is 10.3 Å². The molecule has 9 heteroatoms. The quantitative estimate of drug-likeness (QED) is 0.330. The number of carboxylic acid groups (broad SMARTS) is 1. The highest BCUT2D eigenvalue weighted by Crippen LogP contribution is 2.35. The second-order valence-electron chi connectivity index (χ2n) is 7.62. The van der Waals surface area contributed by atoms with Gasteiger partial charge >= 0.3 is 12.6 Å². The highest BCUT2D eigenvalue weighted by atomic mass is 19.3. The molecule has 0 unspecified atom stereocenters. The molecule has 4 rings (SSSR count). The summed E-state index contributed by atoms with van der Waals surface area (Å²) < 4.78 is 36.5. The van der Waals surface area contributed by atoms with Crippen LogP contribution in [0.1, 0.15) is 11.1 Å². The van der Waals surface area contributed by atoms with Gasteiger partial charge in [0, 0.05) is 23.7 Å². The van der Waals surface area contributed by atoms with E-state index >= 15 is 0 Å². The van der Waals surface area contributed by atoms with Crippen molar-refractivity contribution in [3.8, 4) is 28.3 Å². The van der Waals surface area contributed by atoms with E-state index in [1.165, 1.54) is 12.1 Å². The number of alkyl halides is 2. The molecule has 0 fully saturated rings. The maximum Gasteiger partial charge on any atom is 0.387 e. The lowest BCUT2D eigenvalue weighted by Gasteiger charge is -2.14. The smallest absolute Gasteiger partial charge is 0.387 e. The number of nitrogens with one attached hydrogen (secondary N) is 1. The molecular formula is C25H22F2N2O5. The van der Waals surface area contributed by atoms with Crippen LogP contribution in [-0.2, 0) is 11.3 Å². The number of halogens is 2. The van der Waals surface area contributed by atoms with Crippen LogP contribution in [0, 0.1) is 6.92 Å². The summed E-state index contributed by atoms with van der Waals surface area (Å²) in [5.41, 5.74) is 4.64. The van der Waals surface area contributed by atoms with Gasteiger partial charge in [-0.05, 0) is 35.7 Å². The number of hydrogen-bond acceptors (Lipinski definition) is 6. The summed E-state index contributed by atoms with van der Waals surface area (Å²) in [4.78, 5) is 15.7. The Hall–Kier alpha value is -3.82. The number of oxazole rings is 1. The van der Waals surface area contributed by atoms with Crippen LogP contribution in [0.3, 0.4) is 0 Å². The molecule has 34 heavy (non-hydrogen) atoms. The number of fused-ring (bicyclic) bond motifs is 1. The van der Waals surface area contributed by atoms with E-state index in [1.807, 2.05) is 55.5 Å². The Balaban J connectivity index is 1.73. The first-order chi connectivity index (χ1) is 16.4. The minimum atomic E-state index is -3.09. The molecule has 3 N–H and O–H groups in total. The molecule has 0 aliphatic heterocycles. The summed E-state index contributed by atoms with van der Waals surface area (Å²) in [6.07, 6.45) is 0. The average Bonchev–Trinajstić information content (AvgIpc) is 3.22. The Morgan fingerprint density at radius 2 is 1.85 bits per heavy atom. The van der Waals surface area contributed by atoms with Crippen molar-refractivity contribution in [1.29, 1.82) is 0 Å². The zero-order valence-corrected chi connectivity index (χ0v) is 18.2. The van der Waals surface area contributed by atoms with E-state index in [9.17, 15) is 18.7 Å². The van der Waals surface area contributed by atoms with Gasteiger partial charge in [-0.2, -0.15) is 8.78 Å². The summed E-state index contributed by atoms with van der Waals surface area (Å²) in [5.74, 6) is -1.12. The van der Waals surface area contributed by atoms with Crippen molar-refractivity contribution in [3.63, 3.8) is 0 Å². The minimum absolute atomic E-state index is 0.139. The molecule has 0 spiro atoms. The molecular weight excluding hydrogens is 446 g/mol. The molecule has 1 atom stereocenters. The third-order valence-electron chi connectivity index (χ3n) is 5.46. The summed E-state index contributed by atoms with van der Waals surface area (Å²) in [6, 6.07) is 17.1. The molecule has 0 aliphatic carbocycles. The fourth-order valence-electron chi connectivity index (χ4n) is 3.72. The van der Waals surface area contributed by atoms with Gasteiger partial charge in [0.05, 0.1) is 6.61 Å². The Morgan fingerprint density at radius 3 is 2.53 bits per heavy atom. The molecule has 3 aromatic carbocycles. The van der Waals surface area contributed by atoms with Crippen molar-refractivity contribution in [2.45, 2.75) is 26.1 Å². The molecule has 0 radical (unpaired) electrons. The third-order valence-corrected chi connectivity index (χ3v) is 5.46. The summed E-state index contributed by atoms with van der Waals surface area (Å²) in [6.45, 7) is -1.93. The Bertz CT molecular complexity index is 1310. The second kappa shape index (κ2) is 9.98. The number of rotatable bonds is 9. The zero-order chi connectivity index (χ0) is 24.2. The summed E-state index contributed by atoms with van der Waals surface area (Å²) >= 11 is 0. The molecule has 0 saturated heterocycles. The van der Waals surface area contributed by atoms with Gasteiger partial charge in [-0.25, -0.2) is 4.98 Å². The lowest BCUT2D eigenvalue weighted by Crippen LogP contribution is -2.39. The van der Waals surface area contributed by atoms with Gasteiger partial charge in [0.2, 0.25) is 5.89 Å². The van der Waals surface area contributed by atoms with Crippen LogP contribution < -0.4 is 10.1 Å². The standard InChI is InChI=1S/C25H22F2N2O5/c1-14-17(15-6-3-2-4-7-15)8-5-9-18(14)23-29-19-10-16(12-28-20(13-30)24(31)32)21(34-25(26)27)11-22(19)33-23/h2-11,20,25,28,30H,12-13H2,1H3,(H,31,32)/t20-/m1/s1. The lowest BCUT2D eigenvalue weighted by atomic mass is 9.96. The van der Waals surface area contributed by atoms with E-state index in [1.54, 1.807) is 0 Å². The van der Waals surface area contributed by atoms with Gasteiger partial charge in [-0.3, -0.25) is 10.1 Å². The molecule has 0 aliphatic rings. The Labute approximate surface area is 193 Å². The SMILES string of the molecule is Cc1c(-c2ccccc2)cccc1-c1nc2cc(CN[C@H](CO)C(=O)O)c(OC(F)F)cc2o1. The van der Waals surface area contributed by atoms with E-state index in [0.717, 1.165) is 22.3 Å². The van der Waals surface area contributed by atoms with Gasteiger partial charge in [0.1, 0.15) is 17.3 Å². The zero-order valence-electron chi connectivity index (χ0n) is 18.2. The molecule has 0 saturated carbocycles. The summed E-state index contributed by atoms with van der Waals surface area (Å²) in [5, 5.41) is 20.9. The first-order valence-electron chi connectivity index (χ1n) is 10.5. The van der Waals surface area contributed by atoms with Crippen LogP contribution in [0.4, 0.5) is 8.78 Å². The fourth-order valence-corrected chi connectivity index (χ4v) is 3.72. The first kappa shape index (κ1) is 23.3. The van der Waals surface area contributed by atoms with Crippen LogP contribution >= 0.6 is 0 Å². The highest BCUT2D eigenvalue weighted by Gasteiger charge is 2.20. The Morgan fingerprint density at radius 1 is 1.12 bits per heavy atom. The molecule has 0 bridgehead atoms. The van der Waals surface area contributed by atoms with E-state index in [-0.39, 0.29) is 23.4 Å². The Kier molecular flexibility index (Phi) is 6.85. The van der Waals surface area contributed by atoms with Crippen LogP contribution in [0.15, 0.2) is 65.1 Å². The van der Waals surface area contributed by atoms with Gasteiger partial charge in [0.25, 0.3) is 0 Å². The number of benzene rings is 3. The van der Waals surface area contributed by atoms with Crippen LogP contribution in [0.2, 0.25) is 0 Å². The van der Waals surface area contributed by atoms with Crippen LogP contribution in [0.25, 0.3) is 33.7 Å². The molecule has 0 amide bonds. The predicted octanol–water partition coefficient (Wildman–Crippen LogP) is 4.61. The number of aliphatic carboxylic acids is 1. The van der Waals surface area contributed by atoms with E-state index < -0.39 is 25.2 Å². The minimum Gasteiger partial charge on any atom is -0.480 e. The molecule has 4 aromatic rings. The maximum absolute atomic E-state index is 13.0. The number of ether oxygens (including phenoxy) is 1. The predicted molar refractivity (Wildman–Crippen MR) is 122 cm³/mol. The number of aliphatic hydroxyl groups is 1. The van der Waals surface area contributed by atoms with Crippen LogP contribution in [0.5, 0.6) is 5.75 Å². The number of nitrogens with zero attached hydrogens (tertiary/aromatic N) is 1. The number of carboxylic acids is 1. The maximum atomic E-state index is 13.0. The highest BCUT2D eigenvalue weighted by molar-refractivity contribution is 5.82. The molecule has 1 heterocycles. The third kappa shape index (κ3) is 4.90. The van der Waals surface area contributed by atoms with Crippen molar-refractivity contribution in [3.05, 3.63) is 71.8 Å². The van der Waals surface area contributed by atoms with Crippen molar-refractivity contribution >= 4 is 17.1 Å². The van der Waals surface area contributed by atoms with Gasteiger partial charge in [-0.15, -0.1) is 0 Å². The van der Waals surface area contributed by atoms with Gasteiger partial charge < -0.3 is 19.4 Å². The largest absolute Gasteiger partial charge is 0.480 e. The molecule has 7 nitrogen and oxygen atoms in total. The molecule has 1 aromatic heterocycles. The number of aliphatic hydroxyl groups excluding tert-OH is 1. The van der Waals surface area contributed by atoms with E-state index in [4.69, 9.17) is 9.52 Å². The normalized spacial score (nSPS) is 12.3. The lowest BCUT2D eigenvalue weighted by molar-refractivity contribution is -0.140. The van der Waals surface area contributed by atoms with Crippen molar-refractivity contribution in [2.24, 2.45) is 0 Å². The summed E-state index contributed by atoms with van der Waals surface area (Å²) in [7, 11) is 0. The number of aromatic nitrogens is 1. The van der Waals surface area contributed by atoms with E-state index in [2.05, 4.69) is 15.0 Å². The molecule has 176 valence electrons. The first-order valence-corrected chi connectivity index (χ1v) is 10.5. The number of hydrogen-bond donors (Lipinski definition) is 3. The topological polar surface area (TPSA) is 105 Å². The van der Waals surface area contributed by atoms with Crippen molar-refractivity contribution < 1.29 is 32.9 Å². The average molecular weight is 468 g/mol. The van der Waals surface area contributed by atoms with Crippen LogP contribution in [-0.4, -0.2) is 40.4 Å². The monoisotopic (exact) mass is 468 g/mol. The van der Waals surface area contributed by atoms with Crippen molar-refractivity contribution in [2.75, 3.05) is 6.61 Å².